The molecule has 0 saturated heterocycles. The lowest BCUT2D eigenvalue weighted by Crippen LogP contribution is -2.10. The highest BCUT2D eigenvalue weighted by Gasteiger charge is 2.21. The molecule has 10 aromatic rings. The zero-order valence-electron chi connectivity index (χ0n) is 30.0. The van der Waals surface area contributed by atoms with Crippen LogP contribution in [0.15, 0.2) is 168 Å². The molecule has 10 rings (SSSR count). The zero-order valence-corrected chi connectivity index (χ0v) is 25.8. The van der Waals surface area contributed by atoms with Crippen LogP contribution in [0.1, 0.15) is 6.85 Å². The van der Waals surface area contributed by atoms with Gasteiger partial charge in [0.05, 0.1) is 12.5 Å². The molecule has 0 radical (unpaired) electrons. The second-order valence-electron chi connectivity index (χ2n) is 11.7. The molecular weight excluding hydrogens is 591 g/mol. The zero-order chi connectivity index (χ0) is 35.2. The number of rotatable bonds is 4. The van der Waals surface area contributed by atoms with E-state index in [0.29, 0.717) is 5.56 Å². The summed E-state index contributed by atoms with van der Waals surface area (Å²) in [6.45, 7) is 0. The van der Waals surface area contributed by atoms with E-state index in [9.17, 15) is 0 Å². The molecule has 0 fully saturated rings. The molecule has 0 atom stereocenters. The van der Waals surface area contributed by atoms with Crippen LogP contribution >= 0.6 is 11.3 Å². The maximum atomic E-state index is 8.58. The molecule has 0 N–H and O–H groups in total. The van der Waals surface area contributed by atoms with E-state index in [2.05, 4.69) is 89.8 Å². The van der Waals surface area contributed by atoms with E-state index >= 15 is 0 Å². The smallest absolute Gasteiger partial charge is 0.135 e. The van der Waals surface area contributed by atoms with Crippen molar-refractivity contribution in [1.82, 2.24) is 0 Å². The Labute approximate surface area is 282 Å². The summed E-state index contributed by atoms with van der Waals surface area (Å²) in [5.74, 6) is 0. The van der Waals surface area contributed by atoms with Crippen LogP contribution in [0.2, 0.25) is 0 Å². The van der Waals surface area contributed by atoms with E-state index in [1.54, 1.807) is 0 Å². The Balaban J connectivity index is 1.25. The van der Waals surface area contributed by atoms with Crippen LogP contribution in [0, 0.1) is 0 Å². The van der Waals surface area contributed by atoms with Gasteiger partial charge in [0, 0.05) is 53.1 Å². The van der Waals surface area contributed by atoms with E-state index in [0.717, 1.165) is 49.8 Å². The fraction of sp³-hybridized carbons (Fsp3) is 0. The van der Waals surface area contributed by atoms with E-state index in [4.69, 9.17) is 11.3 Å². The molecule has 0 unspecified atom stereocenters. The summed E-state index contributed by atoms with van der Waals surface area (Å²) in [5, 5.41) is 9.14. The largest absolute Gasteiger partial charge is 0.456 e. The fourth-order valence-electron chi connectivity index (χ4n) is 6.94. The van der Waals surface area contributed by atoms with Crippen LogP contribution < -0.4 is 4.90 Å². The molecule has 2 nitrogen and oxygen atoms in total. The van der Waals surface area contributed by atoms with Crippen molar-refractivity contribution in [2.45, 2.75) is 0 Å². The van der Waals surface area contributed by atoms with Crippen molar-refractivity contribution in [3.63, 3.8) is 0 Å². The van der Waals surface area contributed by atoms with Gasteiger partial charge in [-0.05, 0) is 64.4 Å². The predicted octanol–water partition coefficient (Wildman–Crippen LogP) is 13.4. The molecule has 0 amide bonds. The third-order valence-electron chi connectivity index (χ3n) is 9.12. The summed E-state index contributed by atoms with van der Waals surface area (Å²) in [5.41, 5.74) is 5.15. The van der Waals surface area contributed by atoms with Gasteiger partial charge >= 0.3 is 0 Å². The predicted molar refractivity (Wildman–Crippen MR) is 202 cm³/mol. The molecule has 2 aromatic heterocycles. The highest BCUT2D eigenvalue weighted by atomic mass is 32.1. The van der Waals surface area contributed by atoms with E-state index in [1.807, 2.05) is 59.9 Å². The highest BCUT2D eigenvalue weighted by Crippen LogP contribution is 2.48. The van der Waals surface area contributed by atoms with Gasteiger partial charge in [0.2, 0.25) is 0 Å². The van der Waals surface area contributed by atoms with Crippen molar-refractivity contribution in [1.29, 1.82) is 0 Å². The van der Waals surface area contributed by atoms with E-state index in [1.165, 1.54) is 30.9 Å². The Morgan fingerprint density at radius 3 is 1.98 bits per heavy atom. The molecular formula is C44H27NOS. The Hall–Kier alpha value is -5.90. The standard InChI is InChI=1S/C44H27NOS/c1-2-10-28(11-3-1)29-18-21-31(22-19-29)45(32-23-25-42-38(26-32)35-15-8-9-17-41(35)46-42)40-27-39-37-24-20-30-12-4-5-13-33(30)43(37)47-44(39)36-16-7-6-14-34(36)40/h1-27H/i1D,2D,3D,10D,11D. The van der Waals surface area contributed by atoms with Gasteiger partial charge in [0.15, 0.2) is 0 Å². The van der Waals surface area contributed by atoms with E-state index in [-0.39, 0.29) is 29.7 Å². The lowest BCUT2D eigenvalue weighted by Gasteiger charge is -2.27. The van der Waals surface area contributed by atoms with Crippen LogP contribution in [0.5, 0.6) is 0 Å². The summed E-state index contributed by atoms with van der Waals surface area (Å²) in [6.07, 6.45) is 0. The van der Waals surface area contributed by atoms with Crippen molar-refractivity contribution >= 4 is 92.1 Å². The second-order valence-corrected chi connectivity index (χ2v) is 12.8. The number of benzene rings is 8. The minimum atomic E-state index is -0.403. The van der Waals surface area contributed by atoms with Crippen molar-refractivity contribution in [2.24, 2.45) is 0 Å². The quantitative estimate of drug-likeness (QED) is 0.194. The molecule has 0 aliphatic carbocycles. The Morgan fingerprint density at radius 1 is 0.468 bits per heavy atom. The van der Waals surface area contributed by atoms with Gasteiger partial charge in [0.25, 0.3) is 0 Å². The minimum Gasteiger partial charge on any atom is -0.456 e. The third kappa shape index (κ3) is 4.10. The monoisotopic (exact) mass is 622 g/mol. The summed E-state index contributed by atoms with van der Waals surface area (Å²) in [4.78, 5) is 2.25. The summed E-state index contributed by atoms with van der Waals surface area (Å²) in [7, 11) is 0. The number of thiophene rings is 1. The molecule has 47 heavy (non-hydrogen) atoms. The first-order chi connectivity index (χ1) is 25.4. The van der Waals surface area contributed by atoms with Gasteiger partial charge < -0.3 is 9.32 Å². The molecule has 0 saturated carbocycles. The normalized spacial score (nSPS) is 13.3. The molecule has 0 spiro atoms. The lowest BCUT2D eigenvalue weighted by atomic mass is 10.00. The molecule has 2 heterocycles. The molecule has 220 valence electrons. The minimum absolute atomic E-state index is 0.180. The topological polar surface area (TPSA) is 16.4 Å². The fourth-order valence-corrected chi connectivity index (χ4v) is 8.30. The molecule has 3 heteroatoms. The van der Waals surface area contributed by atoms with Crippen LogP contribution in [-0.4, -0.2) is 0 Å². The number of nitrogens with zero attached hydrogens (tertiary/aromatic N) is 1. The molecule has 0 aliphatic rings. The summed E-state index contributed by atoms with van der Waals surface area (Å²) in [6, 6.07) is 44.2. The van der Waals surface area contributed by atoms with Crippen LogP contribution in [-0.2, 0) is 0 Å². The van der Waals surface area contributed by atoms with Crippen LogP contribution in [0.25, 0.3) is 74.8 Å². The number of fused-ring (bicyclic) bond motifs is 10. The van der Waals surface area contributed by atoms with Gasteiger partial charge in [-0.2, -0.15) is 0 Å². The van der Waals surface area contributed by atoms with Crippen molar-refractivity contribution < 1.29 is 11.3 Å². The lowest BCUT2D eigenvalue weighted by molar-refractivity contribution is 0.669. The number of anilines is 3. The number of hydrogen-bond acceptors (Lipinski definition) is 3. The van der Waals surface area contributed by atoms with Crippen molar-refractivity contribution in [2.75, 3.05) is 4.90 Å². The van der Waals surface area contributed by atoms with Gasteiger partial charge in [-0.15, -0.1) is 11.3 Å². The van der Waals surface area contributed by atoms with E-state index < -0.39 is 6.04 Å². The van der Waals surface area contributed by atoms with Crippen LogP contribution in [0.4, 0.5) is 17.1 Å². The van der Waals surface area contributed by atoms with Crippen molar-refractivity contribution in [3.05, 3.63) is 164 Å². The van der Waals surface area contributed by atoms with Gasteiger partial charge in [-0.25, -0.2) is 0 Å². The van der Waals surface area contributed by atoms with Gasteiger partial charge in [-0.1, -0.05) is 121 Å². The maximum Gasteiger partial charge on any atom is 0.135 e. The first-order valence-corrected chi connectivity index (χ1v) is 16.3. The summed E-state index contributed by atoms with van der Waals surface area (Å²) < 4.78 is 50.4. The molecule has 8 aromatic carbocycles. The van der Waals surface area contributed by atoms with Gasteiger partial charge in [-0.3, -0.25) is 0 Å². The average Bonchev–Trinajstić information content (AvgIpc) is 3.76. The SMILES string of the molecule is [2H]c1c([2H])c([2H])c(-c2ccc(N(c3ccc4oc5ccccc5c4c3)c3cc4c5ccc6ccccc6c5sc4c4ccccc34)cc2)c([2H])c1[2H]. The molecule has 0 aliphatic heterocycles. The van der Waals surface area contributed by atoms with Crippen molar-refractivity contribution in [3.8, 4) is 11.1 Å². The Morgan fingerprint density at radius 2 is 1.13 bits per heavy atom. The summed E-state index contributed by atoms with van der Waals surface area (Å²) >= 11 is 1.83. The first-order valence-electron chi connectivity index (χ1n) is 18.0. The second kappa shape index (κ2) is 10.3. The Bertz CT molecular complexity index is 3060. The van der Waals surface area contributed by atoms with Gasteiger partial charge in [0.1, 0.15) is 11.2 Å². The first kappa shape index (κ1) is 21.8. The number of para-hydroxylation sites is 1. The number of furan rings is 1. The van der Waals surface area contributed by atoms with Crippen LogP contribution in [0.3, 0.4) is 0 Å². The Kier molecular flexibility index (Phi) is 4.78. The number of hydrogen-bond donors (Lipinski definition) is 0. The maximum absolute atomic E-state index is 8.58. The highest BCUT2D eigenvalue weighted by molar-refractivity contribution is 7.27. The average molecular weight is 623 g/mol. The molecule has 0 bridgehead atoms. The third-order valence-corrected chi connectivity index (χ3v) is 10.4.